The maximum Gasteiger partial charge on any atom is 0.322 e. The smallest absolute Gasteiger partial charge is 0.322 e. The number of nitrogens with zero attached hydrogens (tertiary/aromatic N) is 1. The molecule has 1 aromatic rings. The van der Waals surface area contributed by atoms with Gasteiger partial charge in [0.05, 0.1) is 9.48 Å². The van der Waals surface area contributed by atoms with Crippen LogP contribution in [0, 0.1) is 12.8 Å². The number of aryl methyl sites for hydroxylation is 1. The molecule has 1 rings (SSSR count). The third-order valence-electron chi connectivity index (χ3n) is 2.17. The predicted molar refractivity (Wildman–Crippen MR) is 71.1 cm³/mol. The lowest BCUT2D eigenvalue weighted by molar-refractivity contribution is -0.140. The van der Waals surface area contributed by atoms with Crippen molar-refractivity contribution >= 4 is 43.3 Å². The minimum Gasteiger partial charge on any atom is -0.480 e. The summed E-state index contributed by atoms with van der Waals surface area (Å²) in [7, 11) is -3.90. The molecule has 1 heterocycles. The van der Waals surface area contributed by atoms with Crippen LogP contribution in [0.2, 0.25) is 0 Å². The molecule has 0 fully saturated rings. The molecule has 9 heteroatoms. The molecule has 0 aromatic carbocycles. The van der Waals surface area contributed by atoms with E-state index in [9.17, 15) is 13.2 Å². The van der Waals surface area contributed by atoms with Crippen molar-refractivity contribution in [2.45, 2.75) is 31.2 Å². The molecule has 1 atom stereocenters. The number of nitrogens with one attached hydrogen (secondary N) is 1. The SMILES string of the molecule is Cc1nc(S(=O)(=O)N[C@@H](C(=O)O)C(C)C)sc1Br. The van der Waals surface area contributed by atoms with E-state index in [-0.39, 0.29) is 10.3 Å². The number of carbonyl (C=O) groups is 1. The summed E-state index contributed by atoms with van der Waals surface area (Å²) >= 11 is 4.13. The molecule has 0 aliphatic heterocycles. The summed E-state index contributed by atoms with van der Waals surface area (Å²) in [5, 5.41) is 8.96. The van der Waals surface area contributed by atoms with E-state index in [2.05, 4.69) is 25.6 Å². The van der Waals surface area contributed by atoms with Crippen molar-refractivity contribution in [2.24, 2.45) is 5.92 Å². The van der Waals surface area contributed by atoms with Gasteiger partial charge in [-0.1, -0.05) is 25.2 Å². The highest BCUT2D eigenvalue weighted by Crippen LogP contribution is 2.27. The maximum atomic E-state index is 12.0. The first-order chi connectivity index (χ1) is 8.15. The second-order valence-electron chi connectivity index (χ2n) is 4.02. The summed E-state index contributed by atoms with van der Waals surface area (Å²) < 4.78 is 26.6. The molecule has 1 aromatic heterocycles. The molecule has 18 heavy (non-hydrogen) atoms. The van der Waals surface area contributed by atoms with Gasteiger partial charge in [0.25, 0.3) is 10.0 Å². The number of hydrogen-bond donors (Lipinski definition) is 2. The van der Waals surface area contributed by atoms with Crippen LogP contribution in [-0.2, 0) is 14.8 Å². The normalized spacial score (nSPS) is 13.8. The molecular formula is C9H13BrN2O4S2. The number of aromatic nitrogens is 1. The second kappa shape index (κ2) is 5.64. The summed E-state index contributed by atoms with van der Waals surface area (Å²) in [5.74, 6) is -1.57. The van der Waals surface area contributed by atoms with Gasteiger partial charge in [-0.05, 0) is 28.8 Å². The summed E-state index contributed by atoms with van der Waals surface area (Å²) in [6.45, 7) is 4.92. The molecule has 0 saturated carbocycles. The van der Waals surface area contributed by atoms with Crippen LogP contribution in [0.25, 0.3) is 0 Å². The number of hydrogen-bond acceptors (Lipinski definition) is 5. The van der Waals surface area contributed by atoms with Crippen LogP contribution in [-0.4, -0.2) is 30.5 Å². The van der Waals surface area contributed by atoms with Crippen LogP contribution in [0.4, 0.5) is 0 Å². The Morgan fingerprint density at radius 2 is 2.06 bits per heavy atom. The summed E-state index contributed by atoms with van der Waals surface area (Å²) in [6.07, 6.45) is 0. The number of carboxylic acids is 1. The molecule has 6 nitrogen and oxygen atoms in total. The summed E-state index contributed by atoms with van der Waals surface area (Å²) in [6, 6.07) is -1.17. The standard InChI is InChI=1S/C9H13BrN2O4S2/c1-4(2)6(8(13)14)12-18(15,16)9-11-5(3)7(10)17-9/h4,6,12H,1-3H3,(H,13,14)/t6-/m1/s1. The molecule has 0 saturated heterocycles. The quantitative estimate of drug-likeness (QED) is 0.835. The molecule has 0 unspecified atom stereocenters. The zero-order valence-corrected chi connectivity index (χ0v) is 13.2. The number of thiazole rings is 1. The maximum absolute atomic E-state index is 12.0. The third-order valence-corrected chi connectivity index (χ3v) is 5.99. The molecule has 102 valence electrons. The molecule has 2 N–H and O–H groups in total. The molecule has 0 radical (unpaired) electrons. The predicted octanol–water partition coefficient (Wildman–Crippen LogP) is 1.60. The Morgan fingerprint density at radius 1 is 1.50 bits per heavy atom. The monoisotopic (exact) mass is 356 g/mol. The molecule has 0 amide bonds. The lowest BCUT2D eigenvalue weighted by Gasteiger charge is -2.16. The Balaban J connectivity index is 3.04. The Morgan fingerprint density at radius 3 is 2.39 bits per heavy atom. The van der Waals surface area contributed by atoms with Crippen molar-refractivity contribution in [1.82, 2.24) is 9.71 Å². The van der Waals surface area contributed by atoms with E-state index < -0.39 is 22.0 Å². The molecule has 0 aliphatic rings. The summed E-state index contributed by atoms with van der Waals surface area (Å²) in [5.41, 5.74) is 0.553. The van der Waals surface area contributed by atoms with E-state index in [1.165, 1.54) is 0 Å². The van der Waals surface area contributed by atoms with Crippen molar-refractivity contribution in [1.29, 1.82) is 0 Å². The Kier molecular flexibility index (Phi) is 4.87. The fraction of sp³-hybridized carbons (Fsp3) is 0.556. The van der Waals surface area contributed by atoms with Crippen molar-refractivity contribution in [2.75, 3.05) is 0 Å². The van der Waals surface area contributed by atoms with E-state index in [1.807, 2.05) is 0 Å². The minimum atomic E-state index is -3.90. The lowest BCUT2D eigenvalue weighted by atomic mass is 10.1. The van der Waals surface area contributed by atoms with Gasteiger partial charge < -0.3 is 5.11 Å². The largest absolute Gasteiger partial charge is 0.480 e. The van der Waals surface area contributed by atoms with Crippen LogP contribution in [0.1, 0.15) is 19.5 Å². The van der Waals surface area contributed by atoms with Gasteiger partial charge in [0.2, 0.25) is 4.34 Å². The van der Waals surface area contributed by atoms with Crippen LogP contribution in [0.15, 0.2) is 8.13 Å². The highest BCUT2D eigenvalue weighted by atomic mass is 79.9. The van der Waals surface area contributed by atoms with Crippen LogP contribution in [0.3, 0.4) is 0 Å². The van der Waals surface area contributed by atoms with Gasteiger partial charge in [-0.3, -0.25) is 4.79 Å². The first-order valence-electron chi connectivity index (χ1n) is 5.03. The Hall–Kier alpha value is -0.510. The van der Waals surface area contributed by atoms with Gasteiger partial charge in [-0.15, -0.1) is 0 Å². The minimum absolute atomic E-state index is 0.140. The number of sulfonamides is 1. The number of carboxylic acid groups (broad SMARTS) is 1. The Bertz CT molecular complexity index is 533. The first-order valence-corrected chi connectivity index (χ1v) is 8.12. The third kappa shape index (κ3) is 3.50. The lowest BCUT2D eigenvalue weighted by Crippen LogP contribution is -2.44. The van der Waals surface area contributed by atoms with Gasteiger partial charge >= 0.3 is 5.97 Å². The van der Waals surface area contributed by atoms with Gasteiger partial charge in [0.1, 0.15) is 6.04 Å². The fourth-order valence-corrected chi connectivity index (χ4v) is 4.46. The van der Waals surface area contributed by atoms with Crippen LogP contribution in [0.5, 0.6) is 0 Å². The van der Waals surface area contributed by atoms with Crippen molar-refractivity contribution in [3.63, 3.8) is 0 Å². The number of aliphatic carboxylic acids is 1. The van der Waals surface area contributed by atoms with E-state index in [1.54, 1.807) is 20.8 Å². The topological polar surface area (TPSA) is 96.4 Å². The summed E-state index contributed by atoms with van der Waals surface area (Å²) in [4.78, 5) is 14.9. The Labute approximate surface area is 118 Å². The van der Waals surface area contributed by atoms with Gasteiger partial charge in [0, 0.05) is 0 Å². The average Bonchev–Trinajstić information content (AvgIpc) is 2.56. The molecule has 0 bridgehead atoms. The van der Waals surface area contributed by atoms with Crippen LogP contribution >= 0.6 is 27.3 Å². The molecule has 0 spiro atoms. The highest BCUT2D eigenvalue weighted by Gasteiger charge is 2.30. The van der Waals surface area contributed by atoms with Gasteiger partial charge in [-0.2, -0.15) is 4.72 Å². The van der Waals surface area contributed by atoms with Crippen molar-refractivity contribution < 1.29 is 18.3 Å². The molecule has 0 aliphatic carbocycles. The first kappa shape index (κ1) is 15.5. The zero-order valence-electron chi connectivity index (χ0n) is 9.97. The van der Waals surface area contributed by atoms with Crippen molar-refractivity contribution in [3.8, 4) is 0 Å². The highest BCUT2D eigenvalue weighted by molar-refractivity contribution is 9.11. The second-order valence-corrected chi connectivity index (χ2v) is 8.22. The van der Waals surface area contributed by atoms with Crippen LogP contribution < -0.4 is 4.72 Å². The van der Waals surface area contributed by atoms with Gasteiger partial charge in [-0.25, -0.2) is 13.4 Å². The van der Waals surface area contributed by atoms with Gasteiger partial charge in [0.15, 0.2) is 0 Å². The van der Waals surface area contributed by atoms with E-state index in [0.29, 0.717) is 9.48 Å². The number of halogens is 1. The van der Waals surface area contributed by atoms with E-state index in [4.69, 9.17) is 5.11 Å². The average molecular weight is 357 g/mol. The number of rotatable bonds is 5. The van der Waals surface area contributed by atoms with E-state index in [0.717, 1.165) is 11.3 Å². The molecular weight excluding hydrogens is 344 g/mol. The van der Waals surface area contributed by atoms with Crippen molar-refractivity contribution in [3.05, 3.63) is 9.48 Å². The zero-order chi connectivity index (χ0) is 14.1. The fourth-order valence-electron chi connectivity index (χ4n) is 1.16. The van der Waals surface area contributed by atoms with E-state index >= 15 is 0 Å².